The molecular formula is C14H26O5S. The van der Waals surface area contributed by atoms with Crippen LogP contribution < -0.4 is 0 Å². The minimum Gasteiger partial charge on any atom is -0.382 e. The van der Waals surface area contributed by atoms with E-state index in [9.17, 15) is 0 Å². The SMILES string of the molecule is COCCOCCOCCOCCOCC1CC=CS1. The molecule has 1 aliphatic heterocycles. The summed E-state index contributed by atoms with van der Waals surface area (Å²) in [5.74, 6) is 0. The number of thioether (sulfide) groups is 1. The fourth-order valence-corrected chi connectivity index (χ4v) is 2.40. The van der Waals surface area contributed by atoms with Gasteiger partial charge in [-0.25, -0.2) is 0 Å². The number of rotatable bonds is 14. The summed E-state index contributed by atoms with van der Waals surface area (Å²) in [5, 5.41) is 2.73. The number of hydrogen-bond donors (Lipinski definition) is 0. The lowest BCUT2D eigenvalue weighted by atomic mass is 10.3. The van der Waals surface area contributed by atoms with Crippen molar-refractivity contribution in [1.29, 1.82) is 0 Å². The van der Waals surface area contributed by atoms with Crippen LogP contribution in [0.2, 0.25) is 0 Å². The summed E-state index contributed by atoms with van der Waals surface area (Å²) >= 11 is 1.84. The highest BCUT2D eigenvalue weighted by Crippen LogP contribution is 2.23. The molecule has 1 atom stereocenters. The van der Waals surface area contributed by atoms with E-state index in [1.54, 1.807) is 7.11 Å². The topological polar surface area (TPSA) is 46.2 Å². The monoisotopic (exact) mass is 306 g/mol. The average Bonchev–Trinajstić information content (AvgIpc) is 2.97. The predicted octanol–water partition coefficient (Wildman–Crippen LogP) is 1.72. The van der Waals surface area contributed by atoms with Gasteiger partial charge >= 0.3 is 0 Å². The quantitative estimate of drug-likeness (QED) is 0.455. The van der Waals surface area contributed by atoms with E-state index in [1.807, 2.05) is 11.8 Å². The van der Waals surface area contributed by atoms with Crippen molar-refractivity contribution in [2.24, 2.45) is 0 Å². The van der Waals surface area contributed by atoms with Crippen LogP contribution in [0.3, 0.4) is 0 Å². The highest BCUT2D eigenvalue weighted by atomic mass is 32.2. The van der Waals surface area contributed by atoms with E-state index in [-0.39, 0.29) is 0 Å². The second-order valence-corrected chi connectivity index (χ2v) is 5.48. The van der Waals surface area contributed by atoms with Gasteiger partial charge in [0.2, 0.25) is 0 Å². The Morgan fingerprint density at radius 3 is 1.90 bits per heavy atom. The molecule has 0 saturated carbocycles. The molecule has 0 N–H and O–H groups in total. The third kappa shape index (κ3) is 10.7. The Hall–Kier alpha value is -0.110. The molecule has 0 amide bonds. The summed E-state index contributed by atoms with van der Waals surface area (Å²) in [5.41, 5.74) is 0. The Morgan fingerprint density at radius 1 is 0.850 bits per heavy atom. The Morgan fingerprint density at radius 2 is 1.40 bits per heavy atom. The number of methoxy groups -OCH3 is 1. The lowest BCUT2D eigenvalue weighted by Gasteiger charge is -2.10. The van der Waals surface area contributed by atoms with Crippen molar-refractivity contribution in [1.82, 2.24) is 0 Å². The summed E-state index contributed by atoms with van der Waals surface area (Å²) in [6, 6.07) is 0. The van der Waals surface area contributed by atoms with Gasteiger partial charge in [-0.05, 0) is 11.8 Å². The van der Waals surface area contributed by atoms with E-state index in [2.05, 4.69) is 11.5 Å². The minimum atomic E-state index is 0.593. The summed E-state index contributed by atoms with van der Waals surface area (Å²) in [6.45, 7) is 5.69. The molecule has 0 fully saturated rings. The molecule has 1 rings (SSSR count). The van der Waals surface area contributed by atoms with E-state index < -0.39 is 0 Å². The van der Waals surface area contributed by atoms with Gasteiger partial charge in [0.25, 0.3) is 0 Å². The van der Waals surface area contributed by atoms with Crippen molar-refractivity contribution in [3.05, 3.63) is 11.5 Å². The van der Waals surface area contributed by atoms with Crippen LogP contribution in [0.15, 0.2) is 11.5 Å². The number of hydrogen-bond acceptors (Lipinski definition) is 6. The fourth-order valence-electron chi connectivity index (χ4n) is 1.55. The molecule has 0 radical (unpaired) electrons. The Kier molecular flexibility index (Phi) is 12.4. The maximum atomic E-state index is 5.54. The molecule has 0 saturated heterocycles. The fraction of sp³-hybridized carbons (Fsp3) is 0.857. The third-order valence-corrected chi connectivity index (χ3v) is 3.68. The summed E-state index contributed by atoms with van der Waals surface area (Å²) in [6.07, 6.45) is 3.30. The summed E-state index contributed by atoms with van der Waals surface area (Å²) in [4.78, 5) is 0. The Labute approximate surface area is 125 Å². The second kappa shape index (κ2) is 13.9. The third-order valence-electron chi connectivity index (χ3n) is 2.62. The first-order valence-corrected chi connectivity index (χ1v) is 7.98. The largest absolute Gasteiger partial charge is 0.382 e. The zero-order valence-corrected chi connectivity index (χ0v) is 13.1. The van der Waals surface area contributed by atoms with E-state index in [1.165, 1.54) is 0 Å². The van der Waals surface area contributed by atoms with Gasteiger partial charge in [-0.2, -0.15) is 0 Å². The Bertz CT molecular complexity index is 230. The standard InChI is InChI=1S/C14H26O5S/c1-15-4-5-16-6-7-17-8-9-18-10-11-19-13-14-3-2-12-20-14/h2,12,14H,3-11,13H2,1H3. The van der Waals surface area contributed by atoms with Crippen molar-refractivity contribution in [2.45, 2.75) is 11.7 Å². The van der Waals surface area contributed by atoms with Crippen molar-refractivity contribution < 1.29 is 23.7 Å². The lowest BCUT2D eigenvalue weighted by Crippen LogP contribution is -2.15. The van der Waals surface area contributed by atoms with Crippen molar-refractivity contribution in [3.63, 3.8) is 0 Å². The van der Waals surface area contributed by atoms with Gasteiger partial charge in [0.1, 0.15) is 0 Å². The first-order valence-electron chi connectivity index (χ1n) is 7.04. The van der Waals surface area contributed by atoms with Gasteiger partial charge in [-0.3, -0.25) is 0 Å². The summed E-state index contributed by atoms with van der Waals surface area (Å²) in [7, 11) is 1.66. The van der Waals surface area contributed by atoms with Gasteiger partial charge in [-0.15, -0.1) is 11.8 Å². The zero-order chi connectivity index (χ0) is 14.3. The highest BCUT2D eigenvalue weighted by Gasteiger charge is 2.10. The molecule has 1 aliphatic rings. The maximum Gasteiger partial charge on any atom is 0.0701 e. The van der Waals surface area contributed by atoms with Gasteiger partial charge in [0.05, 0.1) is 59.5 Å². The molecule has 1 heterocycles. The van der Waals surface area contributed by atoms with Crippen molar-refractivity contribution >= 4 is 11.8 Å². The highest BCUT2D eigenvalue weighted by molar-refractivity contribution is 8.03. The lowest BCUT2D eigenvalue weighted by molar-refractivity contribution is -0.00756. The van der Waals surface area contributed by atoms with Crippen LogP contribution in [0.4, 0.5) is 0 Å². The minimum absolute atomic E-state index is 0.593. The molecule has 0 aromatic rings. The van der Waals surface area contributed by atoms with Crippen LogP contribution >= 0.6 is 11.8 Å². The van der Waals surface area contributed by atoms with Gasteiger partial charge in [-0.1, -0.05) is 6.08 Å². The molecule has 20 heavy (non-hydrogen) atoms. The average molecular weight is 306 g/mol. The van der Waals surface area contributed by atoms with Crippen LogP contribution in [-0.2, 0) is 23.7 Å². The molecular weight excluding hydrogens is 280 g/mol. The number of allylic oxidation sites excluding steroid dienone is 1. The zero-order valence-electron chi connectivity index (χ0n) is 12.3. The maximum absolute atomic E-state index is 5.54. The smallest absolute Gasteiger partial charge is 0.0701 e. The van der Waals surface area contributed by atoms with E-state index in [4.69, 9.17) is 23.7 Å². The molecule has 0 spiro atoms. The molecule has 0 aromatic carbocycles. The molecule has 5 nitrogen and oxygen atoms in total. The van der Waals surface area contributed by atoms with Gasteiger partial charge in [0, 0.05) is 12.4 Å². The molecule has 0 aromatic heterocycles. The van der Waals surface area contributed by atoms with Crippen LogP contribution in [0, 0.1) is 0 Å². The van der Waals surface area contributed by atoms with Gasteiger partial charge in [0.15, 0.2) is 0 Å². The first-order chi connectivity index (χ1) is 9.93. The molecule has 0 aliphatic carbocycles. The van der Waals surface area contributed by atoms with Crippen LogP contribution in [0.1, 0.15) is 6.42 Å². The van der Waals surface area contributed by atoms with Crippen LogP contribution in [-0.4, -0.2) is 71.8 Å². The molecule has 1 unspecified atom stereocenters. The first kappa shape index (κ1) is 17.9. The van der Waals surface area contributed by atoms with Gasteiger partial charge < -0.3 is 23.7 Å². The van der Waals surface area contributed by atoms with E-state index in [0.717, 1.165) is 13.0 Å². The molecule has 6 heteroatoms. The van der Waals surface area contributed by atoms with Crippen LogP contribution in [0.5, 0.6) is 0 Å². The van der Waals surface area contributed by atoms with Crippen molar-refractivity contribution in [3.8, 4) is 0 Å². The van der Waals surface area contributed by atoms with E-state index in [0.29, 0.717) is 58.1 Å². The summed E-state index contributed by atoms with van der Waals surface area (Å²) < 4.78 is 26.4. The van der Waals surface area contributed by atoms with Crippen molar-refractivity contribution in [2.75, 3.05) is 66.6 Å². The predicted molar refractivity (Wildman–Crippen MR) is 80.3 cm³/mol. The van der Waals surface area contributed by atoms with Crippen LogP contribution in [0.25, 0.3) is 0 Å². The van der Waals surface area contributed by atoms with E-state index >= 15 is 0 Å². The molecule has 118 valence electrons. The second-order valence-electron chi connectivity index (χ2n) is 4.27. The normalized spacial score (nSPS) is 17.9. The Balaban J connectivity index is 1.66. The molecule has 0 bridgehead atoms. The number of ether oxygens (including phenoxy) is 5.